The summed E-state index contributed by atoms with van der Waals surface area (Å²) in [4.78, 5) is 17.2. The largest absolute Gasteiger partial charge is 0.487 e. The number of rotatable bonds is 9. The molecule has 0 spiro atoms. The third-order valence-corrected chi connectivity index (χ3v) is 6.46. The van der Waals surface area contributed by atoms with E-state index in [0.717, 1.165) is 11.3 Å². The maximum atomic E-state index is 12.9. The zero-order valence-corrected chi connectivity index (χ0v) is 19.1. The molecule has 1 atom stereocenters. The van der Waals surface area contributed by atoms with Crippen LogP contribution in [-0.4, -0.2) is 25.9 Å². The lowest BCUT2D eigenvalue weighted by Gasteiger charge is -2.17. The Hall–Kier alpha value is -3.23. The SMILES string of the molecule is CCNS(=O)(=O)c1ccc(C)c(C(=O)NC(C)c2cccc(OCc3ccccn3)c2)c1. The molecule has 0 bridgehead atoms. The minimum atomic E-state index is -3.65. The Morgan fingerprint density at radius 3 is 2.62 bits per heavy atom. The molecule has 1 amide bonds. The number of benzene rings is 2. The minimum Gasteiger partial charge on any atom is -0.487 e. The van der Waals surface area contributed by atoms with Crippen molar-refractivity contribution in [3.63, 3.8) is 0 Å². The maximum Gasteiger partial charge on any atom is 0.252 e. The standard InChI is InChI=1S/C24H27N3O4S/c1-4-26-32(29,30)22-12-11-17(2)23(15-22)24(28)27-18(3)19-8-7-10-21(14-19)31-16-20-9-5-6-13-25-20/h5-15,18,26H,4,16H2,1-3H3,(H,27,28). The summed E-state index contributed by atoms with van der Waals surface area (Å²) >= 11 is 0. The van der Waals surface area contributed by atoms with Gasteiger partial charge >= 0.3 is 0 Å². The molecule has 0 aliphatic heterocycles. The fraction of sp³-hybridized carbons (Fsp3) is 0.250. The number of nitrogens with one attached hydrogen (secondary N) is 2. The van der Waals surface area contributed by atoms with E-state index in [2.05, 4.69) is 15.0 Å². The molecule has 0 aliphatic carbocycles. The Labute approximate surface area is 188 Å². The predicted molar refractivity (Wildman–Crippen MR) is 123 cm³/mol. The highest BCUT2D eigenvalue weighted by Crippen LogP contribution is 2.22. The van der Waals surface area contributed by atoms with Gasteiger partial charge < -0.3 is 10.1 Å². The zero-order chi connectivity index (χ0) is 23.1. The first kappa shape index (κ1) is 23.4. The molecular weight excluding hydrogens is 426 g/mol. The molecule has 8 heteroatoms. The molecule has 1 heterocycles. The highest BCUT2D eigenvalue weighted by Gasteiger charge is 2.19. The van der Waals surface area contributed by atoms with Crippen molar-refractivity contribution >= 4 is 15.9 Å². The van der Waals surface area contributed by atoms with Crippen molar-refractivity contribution in [2.24, 2.45) is 0 Å². The van der Waals surface area contributed by atoms with Gasteiger partial charge in [-0.1, -0.05) is 31.2 Å². The van der Waals surface area contributed by atoms with Gasteiger partial charge in [-0.3, -0.25) is 9.78 Å². The summed E-state index contributed by atoms with van der Waals surface area (Å²) in [5.41, 5.74) is 2.70. The summed E-state index contributed by atoms with van der Waals surface area (Å²) in [6.07, 6.45) is 1.72. The van der Waals surface area contributed by atoms with Crippen molar-refractivity contribution in [2.45, 2.75) is 38.3 Å². The first-order valence-corrected chi connectivity index (χ1v) is 11.8. The summed E-state index contributed by atoms with van der Waals surface area (Å²) in [5.74, 6) is 0.326. The summed E-state index contributed by atoms with van der Waals surface area (Å²) in [7, 11) is -3.65. The van der Waals surface area contributed by atoms with Crippen LogP contribution in [0.5, 0.6) is 5.75 Å². The van der Waals surface area contributed by atoms with Crippen LogP contribution in [0, 0.1) is 6.92 Å². The van der Waals surface area contributed by atoms with E-state index >= 15 is 0 Å². The van der Waals surface area contributed by atoms with Crippen LogP contribution >= 0.6 is 0 Å². The van der Waals surface area contributed by atoms with Gasteiger partial charge in [0.25, 0.3) is 5.91 Å². The van der Waals surface area contributed by atoms with Crippen LogP contribution in [0.1, 0.15) is 47.1 Å². The van der Waals surface area contributed by atoms with Gasteiger partial charge in [0.1, 0.15) is 12.4 Å². The van der Waals surface area contributed by atoms with Crippen LogP contribution in [0.2, 0.25) is 0 Å². The fourth-order valence-corrected chi connectivity index (χ4v) is 4.23. The molecular formula is C24H27N3O4S. The summed E-state index contributed by atoms with van der Waals surface area (Å²) < 4.78 is 32.9. The van der Waals surface area contributed by atoms with E-state index in [1.807, 2.05) is 49.4 Å². The summed E-state index contributed by atoms with van der Waals surface area (Å²) in [5, 5.41) is 2.94. The third-order valence-electron chi connectivity index (χ3n) is 4.92. The molecule has 168 valence electrons. The maximum absolute atomic E-state index is 12.9. The fourth-order valence-electron chi connectivity index (χ4n) is 3.16. The van der Waals surface area contributed by atoms with E-state index in [4.69, 9.17) is 4.74 Å². The monoisotopic (exact) mass is 453 g/mol. The van der Waals surface area contributed by atoms with E-state index in [1.54, 1.807) is 26.1 Å². The summed E-state index contributed by atoms with van der Waals surface area (Å²) in [6.45, 7) is 5.96. The molecule has 2 N–H and O–H groups in total. The van der Waals surface area contributed by atoms with Gasteiger partial charge in [-0.25, -0.2) is 13.1 Å². The van der Waals surface area contributed by atoms with Crippen molar-refractivity contribution < 1.29 is 17.9 Å². The second kappa shape index (κ2) is 10.4. The van der Waals surface area contributed by atoms with Gasteiger partial charge in [-0.05, 0) is 61.4 Å². The average Bonchev–Trinajstić information content (AvgIpc) is 2.78. The van der Waals surface area contributed by atoms with Gasteiger partial charge in [0.2, 0.25) is 10.0 Å². The number of carbonyl (C=O) groups is 1. The highest BCUT2D eigenvalue weighted by atomic mass is 32.2. The lowest BCUT2D eigenvalue weighted by atomic mass is 10.1. The number of pyridine rings is 1. The van der Waals surface area contributed by atoms with Crippen molar-refractivity contribution in [1.82, 2.24) is 15.0 Å². The number of hydrogen-bond donors (Lipinski definition) is 2. The smallest absolute Gasteiger partial charge is 0.252 e. The van der Waals surface area contributed by atoms with E-state index in [0.29, 0.717) is 23.5 Å². The van der Waals surface area contributed by atoms with Gasteiger partial charge in [0.05, 0.1) is 16.6 Å². The molecule has 0 aliphatic rings. The van der Waals surface area contributed by atoms with Crippen LogP contribution in [0.25, 0.3) is 0 Å². The van der Waals surface area contributed by atoms with Crippen LogP contribution in [0.4, 0.5) is 0 Å². The molecule has 3 aromatic rings. The van der Waals surface area contributed by atoms with Crippen LogP contribution in [0.3, 0.4) is 0 Å². The number of amides is 1. The predicted octanol–water partition coefficient (Wildman–Crippen LogP) is 3.76. The number of aryl methyl sites for hydroxylation is 1. The molecule has 0 saturated heterocycles. The lowest BCUT2D eigenvalue weighted by molar-refractivity contribution is 0.0939. The zero-order valence-electron chi connectivity index (χ0n) is 18.3. The number of nitrogens with zero attached hydrogens (tertiary/aromatic N) is 1. The third kappa shape index (κ3) is 5.93. The number of ether oxygens (including phenoxy) is 1. The van der Waals surface area contributed by atoms with Gasteiger partial charge in [-0.2, -0.15) is 0 Å². The Morgan fingerprint density at radius 1 is 1.09 bits per heavy atom. The number of hydrogen-bond acceptors (Lipinski definition) is 5. The van der Waals surface area contributed by atoms with Crippen molar-refractivity contribution in [1.29, 1.82) is 0 Å². The van der Waals surface area contributed by atoms with E-state index in [9.17, 15) is 13.2 Å². The molecule has 1 unspecified atom stereocenters. The van der Waals surface area contributed by atoms with Crippen LogP contribution < -0.4 is 14.8 Å². The molecule has 3 rings (SSSR count). The quantitative estimate of drug-likeness (QED) is 0.514. The number of carbonyl (C=O) groups excluding carboxylic acids is 1. The normalized spacial score (nSPS) is 12.2. The average molecular weight is 454 g/mol. The van der Waals surface area contributed by atoms with Gasteiger partial charge in [-0.15, -0.1) is 0 Å². The number of sulfonamides is 1. The molecule has 1 aromatic heterocycles. The van der Waals surface area contributed by atoms with E-state index in [-0.39, 0.29) is 23.4 Å². The molecule has 0 saturated carbocycles. The minimum absolute atomic E-state index is 0.0627. The summed E-state index contributed by atoms with van der Waals surface area (Å²) in [6, 6.07) is 17.3. The topological polar surface area (TPSA) is 97.4 Å². The molecule has 2 aromatic carbocycles. The van der Waals surface area contributed by atoms with Crippen LogP contribution in [-0.2, 0) is 16.6 Å². The highest BCUT2D eigenvalue weighted by molar-refractivity contribution is 7.89. The molecule has 0 fully saturated rings. The molecule has 7 nitrogen and oxygen atoms in total. The van der Waals surface area contributed by atoms with Gasteiger partial charge in [0, 0.05) is 18.3 Å². The Bertz CT molecular complexity index is 1180. The van der Waals surface area contributed by atoms with Crippen LogP contribution in [0.15, 0.2) is 71.8 Å². The Kier molecular flexibility index (Phi) is 7.61. The molecule has 0 radical (unpaired) electrons. The van der Waals surface area contributed by atoms with Crippen molar-refractivity contribution in [3.05, 3.63) is 89.2 Å². The molecule has 32 heavy (non-hydrogen) atoms. The van der Waals surface area contributed by atoms with E-state index < -0.39 is 10.0 Å². The van der Waals surface area contributed by atoms with Gasteiger partial charge in [0.15, 0.2) is 0 Å². The first-order chi connectivity index (χ1) is 15.3. The number of aromatic nitrogens is 1. The Balaban J connectivity index is 1.72. The lowest BCUT2D eigenvalue weighted by Crippen LogP contribution is -2.28. The van der Waals surface area contributed by atoms with Crippen molar-refractivity contribution in [3.8, 4) is 5.75 Å². The first-order valence-electron chi connectivity index (χ1n) is 10.3. The Morgan fingerprint density at radius 2 is 1.91 bits per heavy atom. The second-order valence-corrected chi connectivity index (χ2v) is 9.12. The second-order valence-electron chi connectivity index (χ2n) is 7.36. The van der Waals surface area contributed by atoms with Crippen molar-refractivity contribution in [2.75, 3.05) is 6.54 Å². The van der Waals surface area contributed by atoms with E-state index in [1.165, 1.54) is 12.1 Å².